The van der Waals surface area contributed by atoms with E-state index in [4.69, 9.17) is 4.74 Å². The summed E-state index contributed by atoms with van der Waals surface area (Å²) in [7, 11) is 1.78. The van der Waals surface area contributed by atoms with Crippen molar-refractivity contribution < 1.29 is 4.74 Å². The van der Waals surface area contributed by atoms with Crippen molar-refractivity contribution in [3.63, 3.8) is 0 Å². The van der Waals surface area contributed by atoms with Crippen molar-refractivity contribution in [3.8, 4) is 0 Å². The average Bonchev–Trinajstić information content (AvgIpc) is 2.67. The number of ether oxygens (including phenoxy) is 1. The van der Waals surface area contributed by atoms with Crippen molar-refractivity contribution in [2.24, 2.45) is 5.41 Å². The standard InChI is InChI=1S/C12H25NO/c1-4-12(7-5-6-8-12)10-13-9-11(2)14-3/h11,13H,4-10H2,1-3H3. The first kappa shape index (κ1) is 12.0. The molecular weight excluding hydrogens is 174 g/mol. The lowest BCUT2D eigenvalue weighted by Gasteiger charge is -2.28. The second kappa shape index (κ2) is 5.72. The van der Waals surface area contributed by atoms with Crippen LogP contribution in [0.5, 0.6) is 0 Å². The van der Waals surface area contributed by atoms with Crippen LogP contribution in [0.1, 0.15) is 46.0 Å². The van der Waals surface area contributed by atoms with Crippen LogP contribution >= 0.6 is 0 Å². The first-order valence-corrected chi connectivity index (χ1v) is 5.96. The Balaban J connectivity index is 2.21. The fraction of sp³-hybridized carbons (Fsp3) is 1.00. The minimum Gasteiger partial charge on any atom is -0.380 e. The minimum atomic E-state index is 0.338. The summed E-state index contributed by atoms with van der Waals surface area (Å²) in [6, 6.07) is 0. The van der Waals surface area contributed by atoms with E-state index in [2.05, 4.69) is 19.2 Å². The highest BCUT2D eigenvalue weighted by Gasteiger charge is 2.31. The molecule has 0 spiro atoms. The molecule has 2 heteroatoms. The largest absolute Gasteiger partial charge is 0.380 e. The van der Waals surface area contributed by atoms with Crippen LogP contribution in [0.25, 0.3) is 0 Å². The Morgan fingerprint density at radius 1 is 1.36 bits per heavy atom. The third-order valence-electron chi connectivity index (χ3n) is 3.75. The van der Waals surface area contributed by atoms with Crippen LogP contribution in [-0.4, -0.2) is 26.3 Å². The van der Waals surface area contributed by atoms with Crippen molar-refractivity contribution in [2.45, 2.75) is 52.1 Å². The fourth-order valence-electron chi connectivity index (χ4n) is 2.40. The SMILES string of the molecule is CCC1(CNCC(C)OC)CCCC1. The molecule has 1 unspecified atom stereocenters. The molecule has 14 heavy (non-hydrogen) atoms. The van der Waals surface area contributed by atoms with Gasteiger partial charge in [-0.1, -0.05) is 19.8 Å². The lowest BCUT2D eigenvalue weighted by Crippen LogP contribution is -2.35. The van der Waals surface area contributed by atoms with Crippen molar-refractivity contribution in [3.05, 3.63) is 0 Å². The summed E-state index contributed by atoms with van der Waals surface area (Å²) in [6.45, 7) is 6.60. The van der Waals surface area contributed by atoms with Crippen LogP contribution in [0.2, 0.25) is 0 Å². The molecule has 1 N–H and O–H groups in total. The Morgan fingerprint density at radius 3 is 2.50 bits per heavy atom. The molecule has 0 saturated heterocycles. The Hall–Kier alpha value is -0.0800. The van der Waals surface area contributed by atoms with Crippen LogP contribution in [0.4, 0.5) is 0 Å². The molecular formula is C12H25NO. The predicted molar refractivity (Wildman–Crippen MR) is 60.5 cm³/mol. The van der Waals surface area contributed by atoms with Crippen LogP contribution in [0, 0.1) is 5.41 Å². The maximum atomic E-state index is 5.22. The molecule has 1 rings (SSSR count). The van der Waals surface area contributed by atoms with E-state index in [1.165, 1.54) is 38.6 Å². The second-order valence-corrected chi connectivity index (χ2v) is 4.74. The first-order chi connectivity index (χ1) is 6.72. The van der Waals surface area contributed by atoms with Gasteiger partial charge in [-0.2, -0.15) is 0 Å². The van der Waals surface area contributed by atoms with E-state index in [-0.39, 0.29) is 0 Å². The number of nitrogens with one attached hydrogen (secondary N) is 1. The number of methoxy groups -OCH3 is 1. The number of rotatable bonds is 6. The van der Waals surface area contributed by atoms with E-state index in [0.717, 1.165) is 6.54 Å². The van der Waals surface area contributed by atoms with Crippen LogP contribution in [-0.2, 0) is 4.74 Å². The third kappa shape index (κ3) is 3.25. The van der Waals surface area contributed by atoms with Gasteiger partial charge in [-0.15, -0.1) is 0 Å². The molecule has 0 aromatic carbocycles. The van der Waals surface area contributed by atoms with Gasteiger partial charge in [0.1, 0.15) is 0 Å². The van der Waals surface area contributed by atoms with Gasteiger partial charge in [-0.25, -0.2) is 0 Å². The highest BCUT2D eigenvalue weighted by Crippen LogP contribution is 2.40. The summed E-state index contributed by atoms with van der Waals surface area (Å²) in [5.74, 6) is 0. The van der Waals surface area contributed by atoms with Crippen LogP contribution < -0.4 is 5.32 Å². The maximum Gasteiger partial charge on any atom is 0.0667 e. The molecule has 0 bridgehead atoms. The van der Waals surface area contributed by atoms with Crippen LogP contribution in [0.15, 0.2) is 0 Å². The second-order valence-electron chi connectivity index (χ2n) is 4.74. The van der Waals surface area contributed by atoms with E-state index < -0.39 is 0 Å². The zero-order valence-corrected chi connectivity index (χ0v) is 9.94. The van der Waals surface area contributed by atoms with E-state index in [1.807, 2.05) is 0 Å². The molecule has 0 heterocycles. The van der Waals surface area contributed by atoms with Crippen molar-refractivity contribution >= 4 is 0 Å². The van der Waals surface area contributed by atoms with Gasteiger partial charge in [-0.3, -0.25) is 0 Å². The predicted octanol–water partition coefficient (Wildman–Crippen LogP) is 2.58. The molecule has 84 valence electrons. The van der Waals surface area contributed by atoms with Gasteiger partial charge in [0.05, 0.1) is 6.10 Å². The Labute approximate surface area is 88.4 Å². The summed E-state index contributed by atoms with van der Waals surface area (Å²) in [4.78, 5) is 0. The minimum absolute atomic E-state index is 0.338. The first-order valence-electron chi connectivity index (χ1n) is 5.96. The van der Waals surface area contributed by atoms with Gasteiger partial charge in [0, 0.05) is 20.2 Å². The quantitative estimate of drug-likeness (QED) is 0.710. The molecule has 1 aliphatic rings. The molecule has 1 aliphatic carbocycles. The van der Waals surface area contributed by atoms with E-state index in [1.54, 1.807) is 7.11 Å². The summed E-state index contributed by atoms with van der Waals surface area (Å²) < 4.78 is 5.22. The van der Waals surface area contributed by atoms with E-state index in [0.29, 0.717) is 11.5 Å². The lowest BCUT2D eigenvalue weighted by molar-refractivity contribution is 0.112. The van der Waals surface area contributed by atoms with Gasteiger partial charge in [-0.05, 0) is 31.6 Å². The molecule has 0 amide bonds. The molecule has 0 radical (unpaired) electrons. The zero-order chi connectivity index (χ0) is 10.4. The normalized spacial score (nSPS) is 22.5. The monoisotopic (exact) mass is 199 g/mol. The van der Waals surface area contributed by atoms with E-state index >= 15 is 0 Å². The van der Waals surface area contributed by atoms with Gasteiger partial charge >= 0.3 is 0 Å². The van der Waals surface area contributed by atoms with E-state index in [9.17, 15) is 0 Å². The van der Waals surface area contributed by atoms with Gasteiger partial charge in [0.15, 0.2) is 0 Å². The van der Waals surface area contributed by atoms with Crippen molar-refractivity contribution in [1.29, 1.82) is 0 Å². The zero-order valence-electron chi connectivity index (χ0n) is 9.94. The highest BCUT2D eigenvalue weighted by molar-refractivity contribution is 4.85. The Kier molecular flexibility index (Phi) is 4.90. The van der Waals surface area contributed by atoms with Gasteiger partial charge in [0.2, 0.25) is 0 Å². The summed E-state index contributed by atoms with van der Waals surface area (Å²) in [5.41, 5.74) is 0.605. The molecule has 1 saturated carbocycles. The molecule has 1 atom stereocenters. The molecule has 0 aromatic heterocycles. The van der Waals surface area contributed by atoms with Gasteiger partial charge in [0.25, 0.3) is 0 Å². The smallest absolute Gasteiger partial charge is 0.0667 e. The molecule has 2 nitrogen and oxygen atoms in total. The summed E-state index contributed by atoms with van der Waals surface area (Å²) >= 11 is 0. The topological polar surface area (TPSA) is 21.3 Å². The Morgan fingerprint density at radius 2 is 2.00 bits per heavy atom. The summed E-state index contributed by atoms with van der Waals surface area (Å²) in [6.07, 6.45) is 7.34. The fourth-order valence-corrected chi connectivity index (χ4v) is 2.40. The van der Waals surface area contributed by atoms with Crippen molar-refractivity contribution in [1.82, 2.24) is 5.32 Å². The molecule has 1 fully saturated rings. The Bertz CT molecular complexity index is 152. The van der Waals surface area contributed by atoms with Crippen LogP contribution in [0.3, 0.4) is 0 Å². The molecule has 0 aromatic rings. The third-order valence-corrected chi connectivity index (χ3v) is 3.75. The van der Waals surface area contributed by atoms with Crippen molar-refractivity contribution in [2.75, 3.05) is 20.2 Å². The average molecular weight is 199 g/mol. The maximum absolute atomic E-state index is 5.22. The lowest BCUT2D eigenvalue weighted by atomic mass is 9.83. The number of hydrogen-bond acceptors (Lipinski definition) is 2. The molecule has 0 aliphatic heterocycles. The summed E-state index contributed by atoms with van der Waals surface area (Å²) in [5, 5.41) is 3.54. The highest BCUT2D eigenvalue weighted by atomic mass is 16.5. The number of hydrogen-bond donors (Lipinski definition) is 1. The van der Waals surface area contributed by atoms with Gasteiger partial charge < -0.3 is 10.1 Å².